The van der Waals surface area contributed by atoms with E-state index in [1.807, 2.05) is 42.5 Å². The Labute approximate surface area is 176 Å². The fourth-order valence-electron chi connectivity index (χ4n) is 3.98. The molecule has 5 rings (SSSR count). The summed E-state index contributed by atoms with van der Waals surface area (Å²) in [5, 5.41) is 11.4. The average molecular weight is 396 g/mol. The number of hydrogen-bond acceptors (Lipinski definition) is 5. The van der Waals surface area contributed by atoms with Crippen LogP contribution in [-0.2, 0) is 5.60 Å². The zero-order chi connectivity index (χ0) is 20.7. The lowest BCUT2D eigenvalue weighted by Crippen LogP contribution is -2.46. The van der Waals surface area contributed by atoms with E-state index in [-0.39, 0.29) is 0 Å². The number of para-hydroxylation sites is 1. The lowest BCUT2D eigenvalue weighted by atomic mass is 9.91. The van der Waals surface area contributed by atoms with Crippen LogP contribution in [0.2, 0.25) is 0 Å². The van der Waals surface area contributed by atoms with E-state index in [1.54, 1.807) is 26.2 Å². The second kappa shape index (κ2) is 7.18. The van der Waals surface area contributed by atoms with E-state index in [1.165, 1.54) is 0 Å². The summed E-state index contributed by atoms with van der Waals surface area (Å²) in [5.74, 6) is 1.32. The summed E-state index contributed by atoms with van der Waals surface area (Å²) in [7, 11) is 0. The number of hydrogen-bond donors (Lipinski definition) is 1. The lowest BCUT2D eigenvalue weighted by Gasteiger charge is -2.40. The van der Waals surface area contributed by atoms with Crippen molar-refractivity contribution in [1.82, 2.24) is 15.0 Å². The van der Waals surface area contributed by atoms with Gasteiger partial charge in [0.2, 0.25) is 0 Å². The smallest absolute Gasteiger partial charge is 0.129 e. The van der Waals surface area contributed by atoms with Gasteiger partial charge in [-0.3, -0.25) is 9.97 Å². The quantitative estimate of drug-likeness (QED) is 0.549. The first-order chi connectivity index (χ1) is 14.5. The van der Waals surface area contributed by atoms with Gasteiger partial charge in [-0.25, -0.2) is 4.98 Å². The van der Waals surface area contributed by atoms with E-state index in [2.05, 4.69) is 33.1 Å². The molecular weight excluding hydrogens is 372 g/mol. The van der Waals surface area contributed by atoms with E-state index in [4.69, 9.17) is 4.98 Å². The molecule has 30 heavy (non-hydrogen) atoms. The minimum atomic E-state index is -0.856. The summed E-state index contributed by atoms with van der Waals surface area (Å²) in [6, 6.07) is 20.4. The van der Waals surface area contributed by atoms with Crippen molar-refractivity contribution in [3.63, 3.8) is 0 Å². The largest absolute Gasteiger partial charge is 0.386 e. The summed E-state index contributed by atoms with van der Waals surface area (Å²) in [6.07, 6.45) is 3.50. The number of aromatic nitrogens is 3. The number of aliphatic hydroxyl groups is 1. The zero-order valence-electron chi connectivity index (χ0n) is 17.2. The summed E-state index contributed by atoms with van der Waals surface area (Å²) in [6.45, 7) is 5.33. The molecule has 3 heterocycles. The van der Waals surface area contributed by atoms with Crippen LogP contribution >= 0.6 is 0 Å². The Morgan fingerprint density at radius 1 is 0.900 bits per heavy atom. The van der Waals surface area contributed by atoms with Crippen LogP contribution in [0.4, 0.5) is 5.82 Å². The summed E-state index contributed by atoms with van der Waals surface area (Å²) >= 11 is 0. The minimum Gasteiger partial charge on any atom is -0.386 e. The SMILES string of the molecule is CC(C)(O)c1ccc(-c2nccnc2C2CN(c3ccc4ccccc4n3)C2)cc1. The van der Waals surface area contributed by atoms with Gasteiger partial charge in [0.1, 0.15) is 5.82 Å². The van der Waals surface area contributed by atoms with Gasteiger partial charge in [-0.15, -0.1) is 0 Å². The predicted octanol–water partition coefficient (Wildman–Crippen LogP) is 4.52. The van der Waals surface area contributed by atoms with Crippen molar-refractivity contribution in [3.8, 4) is 11.3 Å². The first-order valence-electron chi connectivity index (χ1n) is 10.2. The highest BCUT2D eigenvalue weighted by Gasteiger charge is 2.32. The number of benzene rings is 2. The van der Waals surface area contributed by atoms with Gasteiger partial charge >= 0.3 is 0 Å². The highest BCUT2D eigenvalue weighted by molar-refractivity contribution is 5.80. The Kier molecular flexibility index (Phi) is 4.48. The molecule has 2 aromatic heterocycles. The molecule has 1 saturated heterocycles. The first kappa shape index (κ1) is 18.7. The molecule has 1 N–H and O–H groups in total. The molecule has 150 valence electrons. The molecule has 0 amide bonds. The lowest BCUT2D eigenvalue weighted by molar-refractivity contribution is 0.0786. The maximum absolute atomic E-state index is 10.2. The molecule has 5 nitrogen and oxygen atoms in total. The van der Waals surface area contributed by atoms with Gasteiger partial charge in [-0.1, -0.05) is 42.5 Å². The molecule has 1 aliphatic heterocycles. The van der Waals surface area contributed by atoms with Crippen molar-refractivity contribution in [2.45, 2.75) is 25.4 Å². The fraction of sp³-hybridized carbons (Fsp3) is 0.240. The monoisotopic (exact) mass is 396 g/mol. The van der Waals surface area contributed by atoms with Crippen LogP contribution in [0.3, 0.4) is 0 Å². The number of nitrogens with zero attached hydrogens (tertiary/aromatic N) is 4. The molecule has 0 spiro atoms. The molecule has 0 unspecified atom stereocenters. The highest BCUT2D eigenvalue weighted by atomic mass is 16.3. The predicted molar refractivity (Wildman–Crippen MR) is 119 cm³/mol. The number of anilines is 1. The maximum atomic E-state index is 10.2. The molecule has 0 saturated carbocycles. The standard InChI is InChI=1S/C25H24N4O/c1-25(2,30)20-10-7-18(8-11-20)23-24(27-14-13-26-23)19-15-29(16-19)22-12-9-17-5-3-4-6-21(17)28-22/h3-14,19,30H,15-16H2,1-2H3. The Hall–Kier alpha value is -3.31. The van der Waals surface area contributed by atoms with Crippen LogP contribution in [0.5, 0.6) is 0 Å². The molecule has 2 aromatic carbocycles. The molecule has 4 aromatic rings. The van der Waals surface area contributed by atoms with Crippen molar-refractivity contribution in [1.29, 1.82) is 0 Å². The third-order valence-electron chi connectivity index (χ3n) is 5.77. The normalized spacial score (nSPS) is 14.7. The fourth-order valence-corrected chi connectivity index (χ4v) is 3.98. The molecular formula is C25H24N4O. The molecule has 0 radical (unpaired) electrons. The summed E-state index contributed by atoms with van der Waals surface area (Å²) in [5.41, 5.74) is 4.00. The molecule has 0 atom stereocenters. The second-order valence-corrected chi connectivity index (χ2v) is 8.39. The van der Waals surface area contributed by atoms with Crippen LogP contribution in [0, 0.1) is 0 Å². The topological polar surface area (TPSA) is 62.1 Å². The van der Waals surface area contributed by atoms with Crippen molar-refractivity contribution in [3.05, 3.63) is 84.3 Å². The van der Waals surface area contributed by atoms with E-state index in [0.717, 1.165) is 52.3 Å². The van der Waals surface area contributed by atoms with Gasteiger partial charge in [-0.05, 0) is 37.6 Å². The maximum Gasteiger partial charge on any atom is 0.129 e. The Morgan fingerprint density at radius 3 is 2.40 bits per heavy atom. The number of pyridine rings is 1. The van der Waals surface area contributed by atoms with Crippen molar-refractivity contribution in [2.24, 2.45) is 0 Å². The van der Waals surface area contributed by atoms with Gasteiger partial charge in [0.15, 0.2) is 0 Å². The highest BCUT2D eigenvalue weighted by Crippen LogP contribution is 2.35. The van der Waals surface area contributed by atoms with Crippen molar-refractivity contribution < 1.29 is 5.11 Å². The molecule has 5 heteroatoms. The van der Waals surface area contributed by atoms with Crippen molar-refractivity contribution >= 4 is 16.7 Å². The van der Waals surface area contributed by atoms with Crippen molar-refractivity contribution in [2.75, 3.05) is 18.0 Å². The Balaban J connectivity index is 1.37. The molecule has 1 aliphatic rings. The van der Waals surface area contributed by atoms with Gasteiger partial charge < -0.3 is 10.0 Å². The third-order valence-corrected chi connectivity index (χ3v) is 5.77. The first-order valence-corrected chi connectivity index (χ1v) is 10.2. The Morgan fingerprint density at radius 2 is 1.63 bits per heavy atom. The van der Waals surface area contributed by atoms with E-state index < -0.39 is 5.60 Å². The van der Waals surface area contributed by atoms with Gasteiger partial charge in [0.05, 0.1) is 22.5 Å². The molecule has 0 bridgehead atoms. The molecule has 0 aliphatic carbocycles. The van der Waals surface area contributed by atoms with Crippen LogP contribution in [0.1, 0.15) is 31.0 Å². The third kappa shape index (κ3) is 3.42. The number of rotatable bonds is 4. The average Bonchev–Trinajstić information content (AvgIpc) is 2.72. The van der Waals surface area contributed by atoms with Gasteiger partial charge in [0, 0.05) is 42.4 Å². The Bertz CT molecular complexity index is 1190. The van der Waals surface area contributed by atoms with E-state index in [9.17, 15) is 5.11 Å². The minimum absolute atomic E-state index is 0.316. The van der Waals surface area contributed by atoms with E-state index in [0.29, 0.717) is 5.92 Å². The van der Waals surface area contributed by atoms with Crippen LogP contribution in [0.15, 0.2) is 73.1 Å². The summed E-state index contributed by atoms with van der Waals surface area (Å²) < 4.78 is 0. The zero-order valence-corrected chi connectivity index (χ0v) is 17.2. The van der Waals surface area contributed by atoms with Crippen LogP contribution in [0.25, 0.3) is 22.2 Å². The second-order valence-electron chi connectivity index (χ2n) is 8.39. The van der Waals surface area contributed by atoms with Gasteiger partial charge in [-0.2, -0.15) is 0 Å². The van der Waals surface area contributed by atoms with E-state index >= 15 is 0 Å². The summed E-state index contributed by atoms with van der Waals surface area (Å²) in [4.78, 5) is 16.4. The van der Waals surface area contributed by atoms with Gasteiger partial charge in [0.25, 0.3) is 0 Å². The van der Waals surface area contributed by atoms with Crippen LogP contribution < -0.4 is 4.90 Å². The number of fused-ring (bicyclic) bond motifs is 1. The van der Waals surface area contributed by atoms with Crippen LogP contribution in [-0.4, -0.2) is 33.1 Å². The molecule has 1 fully saturated rings.